The Kier molecular flexibility index (Phi) is 3.49. The van der Waals surface area contributed by atoms with Crippen molar-refractivity contribution in [3.05, 3.63) is 0 Å². The van der Waals surface area contributed by atoms with E-state index in [1.54, 1.807) is 4.90 Å². The van der Waals surface area contributed by atoms with Crippen LogP contribution in [-0.2, 0) is 14.3 Å². The lowest BCUT2D eigenvalue weighted by Gasteiger charge is -2.25. The van der Waals surface area contributed by atoms with Gasteiger partial charge >= 0.3 is 0 Å². The van der Waals surface area contributed by atoms with E-state index in [0.717, 1.165) is 6.42 Å². The fourth-order valence-electron chi connectivity index (χ4n) is 2.66. The Hall–Kier alpha value is -0.940. The maximum Gasteiger partial charge on any atom is 0.240 e. The molecule has 3 unspecified atom stereocenters. The van der Waals surface area contributed by atoms with Gasteiger partial charge in [0, 0.05) is 6.54 Å². The average molecular weight is 240 g/mol. The van der Waals surface area contributed by atoms with E-state index >= 15 is 0 Å². The molecule has 2 rings (SSSR count). The molecule has 2 heterocycles. The van der Waals surface area contributed by atoms with Crippen LogP contribution in [-0.4, -0.2) is 47.9 Å². The van der Waals surface area contributed by atoms with Crippen LogP contribution in [0.15, 0.2) is 0 Å². The van der Waals surface area contributed by atoms with Gasteiger partial charge in [0.2, 0.25) is 5.91 Å². The third kappa shape index (κ3) is 2.35. The largest absolute Gasteiger partial charge is 0.368 e. The molecule has 0 aromatic carbocycles. The van der Waals surface area contributed by atoms with Crippen molar-refractivity contribution in [1.29, 1.82) is 0 Å². The van der Waals surface area contributed by atoms with E-state index in [-0.39, 0.29) is 30.4 Å². The Bertz CT molecular complexity index is 330. The first-order valence-electron chi connectivity index (χ1n) is 6.21. The van der Waals surface area contributed by atoms with E-state index in [1.165, 1.54) is 0 Å². The van der Waals surface area contributed by atoms with E-state index in [2.05, 4.69) is 0 Å². The van der Waals surface area contributed by atoms with Gasteiger partial charge in [0.25, 0.3) is 0 Å². The monoisotopic (exact) mass is 240 g/mol. The van der Waals surface area contributed by atoms with Crippen molar-refractivity contribution in [3.8, 4) is 0 Å². The molecule has 2 aliphatic rings. The third-order valence-corrected chi connectivity index (χ3v) is 3.44. The van der Waals surface area contributed by atoms with Crippen LogP contribution in [0.4, 0.5) is 0 Å². The number of carbonyl (C=O) groups is 2. The lowest BCUT2D eigenvalue weighted by atomic mass is 10.0. The summed E-state index contributed by atoms with van der Waals surface area (Å²) in [4.78, 5) is 25.4. The number of ketones is 1. The van der Waals surface area contributed by atoms with Crippen molar-refractivity contribution in [2.75, 3.05) is 13.2 Å². The first-order chi connectivity index (χ1) is 8.00. The summed E-state index contributed by atoms with van der Waals surface area (Å²) in [5, 5.41) is 0. The minimum Gasteiger partial charge on any atom is -0.368 e. The average Bonchev–Trinajstić information content (AvgIpc) is 2.80. The van der Waals surface area contributed by atoms with Gasteiger partial charge in [0.1, 0.15) is 12.6 Å². The van der Waals surface area contributed by atoms with Crippen molar-refractivity contribution >= 4 is 11.7 Å². The number of nitrogens with zero attached hydrogens (tertiary/aromatic N) is 1. The molecule has 5 heteroatoms. The first kappa shape index (κ1) is 12.5. The fourth-order valence-corrected chi connectivity index (χ4v) is 2.66. The Morgan fingerprint density at radius 2 is 2.29 bits per heavy atom. The predicted molar refractivity (Wildman–Crippen MR) is 62.3 cm³/mol. The smallest absolute Gasteiger partial charge is 0.240 e. The summed E-state index contributed by atoms with van der Waals surface area (Å²) in [5.74, 6) is 0.283. The minimum absolute atomic E-state index is 0.0117. The van der Waals surface area contributed by atoms with Gasteiger partial charge in [0.05, 0.1) is 12.1 Å². The zero-order valence-corrected chi connectivity index (χ0v) is 10.4. The zero-order chi connectivity index (χ0) is 12.6. The lowest BCUT2D eigenvalue weighted by Crippen LogP contribution is -2.49. The van der Waals surface area contributed by atoms with Crippen molar-refractivity contribution in [1.82, 2.24) is 4.90 Å². The second kappa shape index (κ2) is 4.74. The van der Waals surface area contributed by atoms with Crippen LogP contribution in [0.1, 0.15) is 26.7 Å². The number of likely N-dealkylation sites (tertiary alicyclic amines) is 1. The Morgan fingerprint density at radius 1 is 1.59 bits per heavy atom. The van der Waals surface area contributed by atoms with Gasteiger partial charge in [-0.05, 0) is 18.8 Å². The van der Waals surface area contributed by atoms with Gasteiger partial charge in [-0.15, -0.1) is 0 Å². The first-order valence-corrected chi connectivity index (χ1v) is 6.21. The Morgan fingerprint density at radius 3 is 2.94 bits per heavy atom. The molecule has 0 aliphatic carbocycles. The number of ether oxygens (including phenoxy) is 1. The Balaban J connectivity index is 2.02. The summed E-state index contributed by atoms with van der Waals surface area (Å²) >= 11 is 0. The molecule has 5 nitrogen and oxygen atoms in total. The van der Waals surface area contributed by atoms with Gasteiger partial charge in [-0.1, -0.05) is 13.8 Å². The number of rotatable bonds is 3. The molecule has 17 heavy (non-hydrogen) atoms. The number of amides is 1. The summed E-state index contributed by atoms with van der Waals surface area (Å²) in [6.45, 7) is 4.79. The van der Waals surface area contributed by atoms with Gasteiger partial charge in [0.15, 0.2) is 5.78 Å². The Labute approximate surface area is 101 Å². The number of hydrogen-bond donors (Lipinski definition) is 1. The summed E-state index contributed by atoms with van der Waals surface area (Å²) < 4.78 is 5.35. The molecule has 1 amide bonds. The van der Waals surface area contributed by atoms with Crippen molar-refractivity contribution < 1.29 is 14.3 Å². The molecule has 0 spiro atoms. The quantitative estimate of drug-likeness (QED) is 0.749. The van der Waals surface area contributed by atoms with Gasteiger partial charge in [-0.2, -0.15) is 0 Å². The van der Waals surface area contributed by atoms with E-state index in [4.69, 9.17) is 10.5 Å². The van der Waals surface area contributed by atoms with Crippen molar-refractivity contribution in [2.45, 2.75) is 44.9 Å². The minimum atomic E-state index is -0.498. The zero-order valence-electron chi connectivity index (χ0n) is 10.4. The summed E-state index contributed by atoms with van der Waals surface area (Å²) in [5.41, 5.74) is 5.88. The van der Waals surface area contributed by atoms with Gasteiger partial charge in [-0.25, -0.2) is 0 Å². The maximum absolute atomic E-state index is 12.2. The number of hydrogen-bond acceptors (Lipinski definition) is 4. The van der Waals surface area contributed by atoms with Gasteiger partial charge in [-0.3, -0.25) is 9.59 Å². The van der Waals surface area contributed by atoms with E-state index in [9.17, 15) is 9.59 Å². The second-order valence-electron chi connectivity index (χ2n) is 5.32. The molecule has 3 atom stereocenters. The van der Waals surface area contributed by atoms with E-state index in [1.807, 2.05) is 13.8 Å². The molecular weight excluding hydrogens is 220 g/mol. The molecule has 2 saturated heterocycles. The number of fused-ring (bicyclic) bond motifs is 1. The molecule has 0 aromatic heterocycles. The van der Waals surface area contributed by atoms with Crippen LogP contribution in [0.2, 0.25) is 0 Å². The summed E-state index contributed by atoms with van der Waals surface area (Å²) in [6.07, 6.45) is 1.30. The van der Waals surface area contributed by atoms with E-state index in [0.29, 0.717) is 18.9 Å². The highest BCUT2D eigenvalue weighted by Gasteiger charge is 2.47. The van der Waals surface area contributed by atoms with Crippen molar-refractivity contribution in [2.24, 2.45) is 11.7 Å². The normalized spacial score (nSPS) is 29.9. The third-order valence-electron chi connectivity index (χ3n) is 3.44. The maximum atomic E-state index is 12.2. The van der Waals surface area contributed by atoms with Crippen LogP contribution in [0.5, 0.6) is 0 Å². The molecular formula is C12H20N2O3. The SMILES string of the molecule is CC(C)CC(N)C(=O)N1CCC2OCC(=O)C21. The molecule has 2 N–H and O–H groups in total. The highest BCUT2D eigenvalue weighted by Crippen LogP contribution is 2.27. The molecule has 0 aromatic rings. The van der Waals surface area contributed by atoms with Crippen LogP contribution in [0.25, 0.3) is 0 Å². The molecule has 0 saturated carbocycles. The number of nitrogens with two attached hydrogens (primary N) is 1. The van der Waals surface area contributed by atoms with Crippen molar-refractivity contribution in [3.63, 3.8) is 0 Å². The van der Waals surface area contributed by atoms with Crippen LogP contribution >= 0.6 is 0 Å². The van der Waals surface area contributed by atoms with Gasteiger partial charge < -0.3 is 15.4 Å². The standard InChI is InChI=1S/C12H20N2O3/c1-7(2)5-8(13)12(16)14-4-3-10-11(14)9(15)6-17-10/h7-8,10-11H,3-6,13H2,1-2H3. The topological polar surface area (TPSA) is 72.6 Å². The van der Waals surface area contributed by atoms with E-state index < -0.39 is 6.04 Å². The summed E-state index contributed by atoms with van der Waals surface area (Å²) in [7, 11) is 0. The molecule has 2 fully saturated rings. The summed E-state index contributed by atoms with van der Waals surface area (Å²) in [6, 6.07) is -0.872. The molecule has 0 radical (unpaired) electrons. The highest BCUT2D eigenvalue weighted by atomic mass is 16.5. The van der Waals surface area contributed by atoms with Crippen LogP contribution in [0, 0.1) is 5.92 Å². The second-order valence-corrected chi connectivity index (χ2v) is 5.32. The highest BCUT2D eigenvalue weighted by molar-refractivity contribution is 5.93. The predicted octanol–water partition coefficient (Wildman–Crippen LogP) is -0.0714. The van der Waals surface area contributed by atoms with Crippen LogP contribution in [0.3, 0.4) is 0 Å². The molecule has 96 valence electrons. The lowest BCUT2D eigenvalue weighted by molar-refractivity contribution is -0.137. The molecule has 2 aliphatic heterocycles. The van der Waals surface area contributed by atoms with Crippen LogP contribution < -0.4 is 5.73 Å². The number of Topliss-reactive ketones (excluding diaryl/α,β-unsaturated/α-hetero) is 1. The number of carbonyl (C=O) groups excluding carboxylic acids is 2. The fraction of sp³-hybridized carbons (Fsp3) is 0.833. The molecule has 0 bridgehead atoms.